The standard InChI is InChI=1S/C16H24O3/c1-3-4-5-7-10-13(2)15(16(17)18)19-14-11-8-6-9-12-14/h6,8-9,11-13,15H,3-5,7,10H2,1-2H3,(H,17,18). The van der Waals surface area contributed by atoms with Gasteiger partial charge in [-0.2, -0.15) is 0 Å². The van der Waals surface area contributed by atoms with Crippen molar-refractivity contribution in [2.24, 2.45) is 5.92 Å². The van der Waals surface area contributed by atoms with Crippen LogP contribution in [0, 0.1) is 5.92 Å². The van der Waals surface area contributed by atoms with Gasteiger partial charge < -0.3 is 9.84 Å². The number of hydrogen-bond donors (Lipinski definition) is 1. The molecule has 0 spiro atoms. The zero-order valence-electron chi connectivity index (χ0n) is 11.8. The lowest BCUT2D eigenvalue weighted by molar-refractivity contribution is -0.147. The predicted molar refractivity (Wildman–Crippen MR) is 76.4 cm³/mol. The van der Waals surface area contributed by atoms with Crippen LogP contribution < -0.4 is 4.74 Å². The van der Waals surface area contributed by atoms with Gasteiger partial charge in [0.25, 0.3) is 0 Å². The van der Waals surface area contributed by atoms with Crippen LogP contribution in [0.2, 0.25) is 0 Å². The summed E-state index contributed by atoms with van der Waals surface area (Å²) in [6.45, 7) is 4.12. The minimum atomic E-state index is -0.883. The van der Waals surface area contributed by atoms with E-state index >= 15 is 0 Å². The molecule has 0 aliphatic carbocycles. The van der Waals surface area contributed by atoms with Crippen molar-refractivity contribution in [2.45, 2.75) is 52.1 Å². The van der Waals surface area contributed by atoms with Crippen molar-refractivity contribution in [2.75, 3.05) is 0 Å². The second kappa shape index (κ2) is 8.57. The number of rotatable bonds is 9. The van der Waals surface area contributed by atoms with E-state index in [-0.39, 0.29) is 5.92 Å². The molecule has 19 heavy (non-hydrogen) atoms. The Bertz CT molecular complexity index is 362. The van der Waals surface area contributed by atoms with Crippen LogP contribution in [0.1, 0.15) is 46.0 Å². The molecule has 2 unspecified atom stereocenters. The molecule has 0 aliphatic rings. The fraction of sp³-hybridized carbons (Fsp3) is 0.562. The number of benzene rings is 1. The van der Waals surface area contributed by atoms with Crippen LogP contribution in [0.5, 0.6) is 5.75 Å². The normalized spacial score (nSPS) is 13.8. The molecule has 0 radical (unpaired) electrons. The lowest BCUT2D eigenvalue weighted by Crippen LogP contribution is -2.33. The molecule has 0 aromatic heterocycles. The lowest BCUT2D eigenvalue weighted by atomic mass is 9.97. The summed E-state index contributed by atoms with van der Waals surface area (Å²) in [5, 5.41) is 9.28. The second-order valence-electron chi connectivity index (χ2n) is 5.02. The Balaban J connectivity index is 2.50. The first-order chi connectivity index (χ1) is 9.15. The van der Waals surface area contributed by atoms with Gasteiger partial charge in [0.1, 0.15) is 5.75 Å². The first-order valence-electron chi connectivity index (χ1n) is 7.09. The number of carbonyl (C=O) groups is 1. The molecule has 1 rings (SSSR count). The van der Waals surface area contributed by atoms with E-state index in [2.05, 4.69) is 6.92 Å². The predicted octanol–water partition coefficient (Wildman–Crippen LogP) is 4.13. The number of ether oxygens (including phenoxy) is 1. The average Bonchev–Trinajstić information content (AvgIpc) is 2.41. The highest BCUT2D eigenvalue weighted by Gasteiger charge is 2.26. The third kappa shape index (κ3) is 5.77. The van der Waals surface area contributed by atoms with Crippen molar-refractivity contribution in [3.05, 3.63) is 30.3 Å². The van der Waals surface area contributed by atoms with E-state index in [9.17, 15) is 9.90 Å². The fourth-order valence-corrected chi connectivity index (χ4v) is 2.10. The molecule has 0 amide bonds. The molecule has 0 aliphatic heterocycles. The number of carboxylic acid groups (broad SMARTS) is 1. The maximum absolute atomic E-state index is 11.3. The molecule has 1 aromatic carbocycles. The molecule has 3 heteroatoms. The molecule has 0 saturated heterocycles. The zero-order chi connectivity index (χ0) is 14.1. The summed E-state index contributed by atoms with van der Waals surface area (Å²) in [5.74, 6) is -0.239. The Morgan fingerprint density at radius 2 is 1.89 bits per heavy atom. The maximum atomic E-state index is 11.3. The summed E-state index contributed by atoms with van der Waals surface area (Å²) in [4.78, 5) is 11.3. The number of para-hydroxylation sites is 1. The molecule has 0 bridgehead atoms. The Kier molecular flexibility index (Phi) is 7.01. The molecule has 2 atom stereocenters. The number of carboxylic acids is 1. The van der Waals surface area contributed by atoms with Gasteiger partial charge in [0.15, 0.2) is 6.10 Å². The number of unbranched alkanes of at least 4 members (excludes halogenated alkanes) is 3. The van der Waals surface area contributed by atoms with Crippen molar-refractivity contribution in [1.82, 2.24) is 0 Å². The monoisotopic (exact) mass is 264 g/mol. The van der Waals surface area contributed by atoms with Gasteiger partial charge >= 0.3 is 5.97 Å². The van der Waals surface area contributed by atoms with Gasteiger partial charge in [0, 0.05) is 5.92 Å². The quantitative estimate of drug-likeness (QED) is 0.682. The maximum Gasteiger partial charge on any atom is 0.345 e. The molecule has 1 aromatic rings. The zero-order valence-corrected chi connectivity index (χ0v) is 11.8. The summed E-state index contributed by atoms with van der Waals surface area (Å²) in [5.41, 5.74) is 0. The first kappa shape index (κ1) is 15.5. The minimum Gasteiger partial charge on any atom is -0.478 e. The molecular weight excluding hydrogens is 240 g/mol. The van der Waals surface area contributed by atoms with Gasteiger partial charge in [-0.25, -0.2) is 4.79 Å². The van der Waals surface area contributed by atoms with Crippen LogP contribution in [0.4, 0.5) is 0 Å². The van der Waals surface area contributed by atoms with Crippen LogP contribution in [-0.4, -0.2) is 17.2 Å². The van der Waals surface area contributed by atoms with E-state index in [0.717, 1.165) is 12.8 Å². The molecule has 0 fully saturated rings. The third-order valence-corrected chi connectivity index (χ3v) is 3.28. The molecule has 0 saturated carbocycles. The van der Waals surface area contributed by atoms with Gasteiger partial charge in [-0.1, -0.05) is 57.7 Å². The summed E-state index contributed by atoms with van der Waals surface area (Å²) < 4.78 is 5.60. The van der Waals surface area contributed by atoms with Gasteiger partial charge in [0.05, 0.1) is 0 Å². The van der Waals surface area contributed by atoms with Crippen molar-refractivity contribution < 1.29 is 14.6 Å². The van der Waals surface area contributed by atoms with Crippen molar-refractivity contribution >= 4 is 5.97 Å². The summed E-state index contributed by atoms with van der Waals surface area (Å²) in [6, 6.07) is 9.16. The van der Waals surface area contributed by atoms with Crippen molar-refractivity contribution in [3.63, 3.8) is 0 Å². The van der Waals surface area contributed by atoms with Crippen LogP contribution in [-0.2, 0) is 4.79 Å². The molecular formula is C16H24O3. The largest absolute Gasteiger partial charge is 0.478 e. The van der Waals surface area contributed by atoms with Gasteiger partial charge in [-0.15, -0.1) is 0 Å². The van der Waals surface area contributed by atoms with Crippen LogP contribution >= 0.6 is 0 Å². The molecule has 0 heterocycles. The Hall–Kier alpha value is -1.51. The topological polar surface area (TPSA) is 46.5 Å². The first-order valence-corrected chi connectivity index (χ1v) is 7.09. The van der Waals surface area contributed by atoms with E-state index in [0.29, 0.717) is 5.75 Å². The summed E-state index contributed by atoms with van der Waals surface area (Å²) in [6.07, 6.45) is 4.77. The fourth-order valence-electron chi connectivity index (χ4n) is 2.10. The van der Waals surface area contributed by atoms with Gasteiger partial charge in [-0.05, 0) is 18.6 Å². The molecule has 3 nitrogen and oxygen atoms in total. The highest BCUT2D eigenvalue weighted by Crippen LogP contribution is 2.20. The molecule has 1 N–H and O–H groups in total. The number of aliphatic carboxylic acids is 1. The van der Waals surface area contributed by atoms with E-state index < -0.39 is 12.1 Å². The van der Waals surface area contributed by atoms with E-state index in [1.165, 1.54) is 19.3 Å². The van der Waals surface area contributed by atoms with E-state index in [4.69, 9.17) is 4.74 Å². The summed E-state index contributed by atoms with van der Waals surface area (Å²) >= 11 is 0. The third-order valence-electron chi connectivity index (χ3n) is 3.28. The Morgan fingerprint density at radius 1 is 1.21 bits per heavy atom. The van der Waals surface area contributed by atoms with Crippen molar-refractivity contribution in [3.8, 4) is 5.75 Å². The summed E-state index contributed by atoms with van der Waals surface area (Å²) in [7, 11) is 0. The minimum absolute atomic E-state index is 0.0227. The Labute approximate surface area is 115 Å². The number of hydrogen-bond acceptors (Lipinski definition) is 2. The van der Waals surface area contributed by atoms with Crippen LogP contribution in [0.3, 0.4) is 0 Å². The van der Waals surface area contributed by atoms with Gasteiger partial charge in [0.2, 0.25) is 0 Å². The van der Waals surface area contributed by atoms with Gasteiger partial charge in [-0.3, -0.25) is 0 Å². The van der Waals surface area contributed by atoms with Crippen LogP contribution in [0.15, 0.2) is 30.3 Å². The van der Waals surface area contributed by atoms with Crippen molar-refractivity contribution in [1.29, 1.82) is 0 Å². The van der Waals surface area contributed by atoms with Crippen LogP contribution in [0.25, 0.3) is 0 Å². The second-order valence-corrected chi connectivity index (χ2v) is 5.02. The molecule has 106 valence electrons. The highest BCUT2D eigenvalue weighted by molar-refractivity contribution is 5.73. The average molecular weight is 264 g/mol. The van der Waals surface area contributed by atoms with E-state index in [1.807, 2.05) is 25.1 Å². The SMILES string of the molecule is CCCCCCC(C)C(Oc1ccccc1)C(=O)O. The Morgan fingerprint density at radius 3 is 2.47 bits per heavy atom. The van der Waals surface area contributed by atoms with E-state index in [1.54, 1.807) is 12.1 Å². The smallest absolute Gasteiger partial charge is 0.345 e. The highest BCUT2D eigenvalue weighted by atomic mass is 16.5. The lowest BCUT2D eigenvalue weighted by Gasteiger charge is -2.21.